The van der Waals surface area contributed by atoms with E-state index in [2.05, 4.69) is 4.74 Å². The molecule has 24 heavy (non-hydrogen) atoms. The van der Waals surface area contributed by atoms with Crippen LogP contribution in [0, 0.1) is 0 Å². The van der Waals surface area contributed by atoms with Gasteiger partial charge in [-0.2, -0.15) is 26.3 Å². The van der Waals surface area contributed by atoms with Crippen LogP contribution < -0.4 is 5.32 Å². The first kappa shape index (κ1) is 19.7. The highest BCUT2D eigenvalue weighted by molar-refractivity contribution is 5.96. The van der Waals surface area contributed by atoms with Crippen LogP contribution >= 0.6 is 0 Å². The van der Waals surface area contributed by atoms with Crippen molar-refractivity contribution >= 4 is 17.6 Å². The molecule has 1 atom stereocenters. The third kappa shape index (κ3) is 4.37. The van der Waals surface area contributed by atoms with Gasteiger partial charge in [0.2, 0.25) is 5.91 Å². The third-order valence-corrected chi connectivity index (χ3v) is 2.88. The molecule has 1 unspecified atom stereocenters. The first-order valence-electron chi connectivity index (χ1n) is 6.16. The monoisotopic (exact) mass is 359 g/mol. The molecule has 0 aliphatic heterocycles. The van der Waals surface area contributed by atoms with E-state index < -0.39 is 47.5 Å². The van der Waals surface area contributed by atoms with Gasteiger partial charge in [0, 0.05) is 5.69 Å². The highest BCUT2D eigenvalue weighted by Crippen LogP contribution is 2.35. The van der Waals surface area contributed by atoms with Crippen LogP contribution in [-0.2, 0) is 20.5 Å². The lowest BCUT2D eigenvalue weighted by Crippen LogP contribution is -2.54. The topological polar surface area (TPSA) is 75.6 Å². The van der Waals surface area contributed by atoms with Crippen LogP contribution in [0.3, 0.4) is 0 Å². The maximum atomic E-state index is 12.8. The summed E-state index contributed by atoms with van der Waals surface area (Å²) in [5, 5.41) is 11.2. The molecular weight excluding hydrogens is 348 g/mol. The molecule has 1 aromatic carbocycles. The lowest BCUT2D eigenvalue weighted by molar-refractivity contribution is -0.261. The number of esters is 1. The normalized spacial score (nSPS) is 14.7. The molecule has 0 saturated carbocycles. The fourth-order valence-electron chi connectivity index (χ4n) is 1.67. The van der Waals surface area contributed by atoms with Crippen LogP contribution in [0.2, 0.25) is 0 Å². The van der Waals surface area contributed by atoms with Crippen molar-refractivity contribution in [3.8, 4) is 0 Å². The van der Waals surface area contributed by atoms with Crippen molar-refractivity contribution < 1.29 is 45.8 Å². The predicted octanol–water partition coefficient (Wildman–Crippen LogP) is 2.50. The molecule has 1 rings (SSSR count). The van der Waals surface area contributed by atoms with Gasteiger partial charge < -0.3 is 15.2 Å². The summed E-state index contributed by atoms with van der Waals surface area (Å²) in [6.07, 6.45) is -12.0. The second-order valence-corrected chi connectivity index (χ2v) is 4.65. The predicted molar refractivity (Wildman–Crippen MR) is 67.7 cm³/mol. The number of carbonyl (C=O) groups is 2. The van der Waals surface area contributed by atoms with Gasteiger partial charge in [0.15, 0.2) is 0 Å². The Morgan fingerprint density at radius 1 is 1.17 bits per heavy atom. The number of nitrogens with one attached hydrogen (secondary N) is 1. The Bertz CT molecular complexity index is 628. The van der Waals surface area contributed by atoms with Crippen LogP contribution in [0.4, 0.5) is 32.0 Å². The molecule has 0 heterocycles. The number of hydrogen-bond acceptors (Lipinski definition) is 4. The van der Waals surface area contributed by atoms with E-state index in [0.29, 0.717) is 19.2 Å². The fourth-order valence-corrected chi connectivity index (χ4v) is 1.67. The highest BCUT2D eigenvalue weighted by atomic mass is 19.4. The molecule has 2 N–H and O–H groups in total. The molecular formula is C13H11F6NO4. The molecule has 0 bridgehead atoms. The van der Waals surface area contributed by atoms with Gasteiger partial charge in [0.1, 0.15) is 0 Å². The number of ether oxygens (including phenoxy) is 1. The average molecular weight is 359 g/mol. The van der Waals surface area contributed by atoms with E-state index in [0.717, 1.165) is 12.1 Å². The zero-order chi connectivity index (χ0) is 18.8. The zero-order valence-corrected chi connectivity index (χ0v) is 12.0. The van der Waals surface area contributed by atoms with E-state index in [1.165, 1.54) is 0 Å². The van der Waals surface area contributed by atoms with Crippen molar-refractivity contribution in [1.82, 2.24) is 0 Å². The smallest absolute Gasteiger partial charge is 0.428 e. The van der Waals surface area contributed by atoms with Crippen molar-refractivity contribution in [3.05, 3.63) is 29.8 Å². The van der Waals surface area contributed by atoms with Crippen LogP contribution in [0.15, 0.2) is 24.3 Å². The number of amides is 1. The Labute approximate surface area is 131 Å². The number of alkyl halides is 6. The van der Waals surface area contributed by atoms with Gasteiger partial charge in [-0.15, -0.1) is 0 Å². The minimum atomic E-state index is -5.52. The van der Waals surface area contributed by atoms with Gasteiger partial charge in [-0.25, -0.2) is 4.79 Å². The van der Waals surface area contributed by atoms with Crippen LogP contribution in [0.1, 0.15) is 12.0 Å². The van der Waals surface area contributed by atoms with Gasteiger partial charge in [0.05, 0.1) is 19.1 Å². The largest absolute Gasteiger partial charge is 0.467 e. The molecule has 0 aromatic heterocycles. The molecule has 0 radical (unpaired) electrons. The Kier molecular flexibility index (Phi) is 5.49. The van der Waals surface area contributed by atoms with Crippen LogP contribution in [0.5, 0.6) is 0 Å². The van der Waals surface area contributed by atoms with E-state index in [1.54, 1.807) is 5.32 Å². The van der Waals surface area contributed by atoms with E-state index >= 15 is 0 Å². The minimum Gasteiger partial charge on any atom is -0.467 e. The first-order chi connectivity index (χ1) is 10.8. The van der Waals surface area contributed by atoms with Gasteiger partial charge in [-0.1, -0.05) is 6.07 Å². The van der Waals surface area contributed by atoms with Gasteiger partial charge in [-0.05, 0) is 18.2 Å². The molecule has 0 spiro atoms. The van der Waals surface area contributed by atoms with Crippen molar-refractivity contribution in [2.24, 2.45) is 0 Å². The molecule has 1 aromatic rings. The quantitative estimate of drug-likeness (QED) is 0.640. The molecule has 0 saturated heterocycles. The van der Waals surface area contributed by atoms with Crippen LogP contribution in [-0.4, -0.2) is 35.9 Å². The second kappa shape index (κ2) is 6.67. The summed E-state index contributed by atoms with van der Waals surface area (Å²) in [5.74, 6) is -3.64. The lowest BCUT2D eigenvalue weighted by atomic mass is 9.98. The minimum absolute atomic E-state index is 0.454. The molecule has 1 amide bonds. The lowest BCUT2D eigenvalue weighted by Gasteiger charge is -2.26. The van der Waals surface area contributed by atoms with Gasteiger partial charge in [0.25, 0.3) is 5.60 Å². The number of halogens is 6. The summed E-state index contributed by atoms with van der Waals surface area (Å²) in [6.45, 7) is 0. The summed E-state index contributed by atoms with van der Waals surface area (Å²) in [7, 11) is 0.573. The summed E-state index contributed by atoms with van der Waals surface area (Å²) < 4.78 is 79.7. The summed E-state index contributed by atoms with van der Waals surface area (Å²) in [5.41, 5.74) is -5.71. The standard InChI is InChI=1S/C13H11F6NO4/c1-24-10(22)11(23,13(17,18)19)6-9(21)20-8-4-2-3-7(5-8)12(14,15)16/h2-5,23H,6H2,1H3,(H,20,21). The number of aliphatic hydroxyl groups is 1. The molecule has 11 heteroatoms. The SMILES string of the molecule is COC(=O)C(O)(CC(=O)Nc1cccc(C(F)(F)F)c1)C(F)(F)F. The average Bonchev–Trinajstić information content (AvgIpc) is 2.44. The Morgan fingerprint density at radius 3 is 2.21 bits per heavy atom. The molecule has 0 fully saturated rings. The molecule has 0 aliphatic rings. The maximum Gasteiger partial charge on any atom is 0.428 e. The number of carbonyl (C=O) groups excluding carboxylic acids is 2. The number of rotatable bonds is 4. The summed E-state index contributed by atoms with van der Waals surface area (Å²) >= 11 is 0. The van der Waals surface area contributed by atoms with Gasteiger partial charge >= 0.3 is 18.3 Å². The number of methoxy groups -OCH3 is 1. The number of anilines is 1. The molecule has 5 nitrogen and oxygen atoms in total. The third-order valence-electron chi connectivity index (χ3n) is 2.88. The van der Waals surface area contributed by atoms with E-state index in [-0.39, 0.29) is 0 Å². The van der Waals surface area contributed by atoms with Crippen molar-refractivity contribution in [2.45, 2.75) is 24.4 Å². The Morgan fingerprint density at radius 2 is 1.75 bits per heavy atom. The number of hydrogen-bond donors (Lipinski definition) is 2. The molecule has 0 aliphatic carbocycles. The maximum absolute atomic E-state index is 12.8. The number of benzene rings is 1. The summed E-state index contributed by atoms with van der Waals surface area (Å²) in [4.78, 5) is 22.7. The van der Waals surface area contributed by atoms with Crippen molar-refractivity contribution in [3.63, 3.8) is 0 Å². The van der Waals surface area contributed by atoms with Crippen molar-refractivity contribution in [1.29, 1.82) is 0 Å². The zero-order valence-electron chi connectivity index (χ0n) is 12.0. The first-order valence-corrected chi connectivity index (χ1v) is 6.16. The van der Waals surface area contributed by atoms with Gasteiger partial charge in [-0.3, -0.25) is 4.79 Å². The Hall–Kier alpha value is -2.30. The van der Waals surface area contributed by atoms with Crippen molar-refractivity contribution in [2.75, 3.05) is 12.4 Å². The van der Waals surface area contributed by atoms with E-state index in [4.69, 9.17) is 0 Å². The Balaban J connectivity index is 2.98. The second-order valence-electron chi connectivity index (χ2n) is 4.65. The van der Waals surface area contributed by atoms with E-state index in [9.17, 15) is 41.0 Å². The van der Waals surface area contributed by atoms with E-state index in [1.807, 2.05) is 0 Å². The van der Waals surface area contributed by atoms with Crippen LogP contribution in [0.25, 0.3) is 0 Å². The fraction of sp³-hybridized carbons (Fsp3) is 0.385. The summed E-state index contributed by atoms with van der Waals surface area (Å²) in [6, 6.07) is 3.10. The molecule has 134 valence electrons. The highest BCUT2D eigenvalue weighted by Gasteiger charge is 2.61.